The minimum atomic E-state index is 0.623. The van der Waals surface area contributed by atoms with Crippen molar-refractivity contribution in [2.75, 3.05) is 39.3 Å². The van der Waals surface area contributed by atoms with E-state index in [0.29, 0.717) is 17.9 Å². The Balaban J connectivity index is 1.39. The number of piperazine rings is 1. The van der Waals surface area contributed by atoms with Gasteiger partial charge >= 0.3 is 0 Å². The molecule has 1 aromatic rings. The number of ether oxygens (including phenoxy) is 1. The predicted octanol–water partition coefficient (Wildman–Crippen LogP) is 2.50. The fourth-order valence-corrected chi connectivity index (χ4v) is 3.58. The average molecular weight is 299 g/mol. The standard InChI is InChI=1S/C18H25N3O/c19-14-16-6-1-2-8-18(16)22-13-5-9-20-11-12-21-10-4-3-7-17(21)15-20/h1-2,6,8,17H,3-5,7,9-13,15H2. The van der Waals surface area contributed by atoms with Crippen LogP contribution in [0.2, 0.25) is 0 Å². The van der Waals surface area contributed by atoms with Crippen LogP contribution in [-0.4, -0.2) is 55.2 Å². The minimum Gasteiger partial charge on any atom is -0.492 e. The molecular formula is C18H25N3O. The normalized spacial score (nSPS) is 22.8. The Bertz CT molecular complexity index is 525. The maximum Gasteiger partial charge on any atom is 0.137 e. The first kappa shape index (κ1) is 15.3. The predicted molar refractivity (Wildman–Crippen MR) is 86.9 cm³/mol. The van der Waals surface area contributed by atoms with Gasteiger partial charge in [-0.25, -0.2) is 0 Å². The Morgan fingerprint density at radius 2 is 2.09 bits per heavy atom. The molecule has 2 aliphatic heterocycles. The van der Waals surface area contributed by atoms with Gasteiger partial charge in [-0.1, -0.05) is 18.6 Å². The van der Waals surface area contributed by atoms with Gasteiger partial charge in [-0.15, -0.1) is 0 Å². The minimum absolute atomic E-state index is 0.623. The molecule has 1 atom stereocenters. The topological polar surface area (TPSA) is 39.5 Å². The summed E-state index contributed by atoms with van der Waals surface area (Å²) in [4.78, 5) is 5.24. The molecule has 0 aromatic heterocycles. The van der Waals surface area contributed by atoms with Crippen LogP contribution in [0.1, 0.15) is 31.2 Å². The zero-order chi connectivity index (χ0) is 15.2. The monoisotopic (exact) mass is 299 g/mol. The highest BCUT2D eigenvalue weighted by molar-refractivity contribution is 5.42. The second-order valence-electron chi connectivity index (χ2n) is 6.30. The largest absolute Gasteiger partial charge is 0.492 e. The van der Waals surface area contributed by atoms with Gasteiger partial charge in [-0.3, -0.25) is 4.90 Å². The molecule has 1 aromatic carbocycles. The zero-order valence-corrected chi connectivity index (χ0v) is 13.2. The van der Waals surface area contributed by atoms with Crippen LogP contribution >= 0.6 is 0 Å². The lowest BCUT2D eigenvalue weighted by Crippen LogP contribution is -2.54. The van der Waals surface area contributed by atoms with Crippen LogP contribution in [0.3, 0.4) is 0 Å². The quantitative estimate of drug-likeness (QED) is 0.783. The van der Waals surface area contributed by atoms with E-state index in [4.69, 9.17) is 10.00 Å². The Morgan fingerprint density at radius 3 is 3.00 bits per heavy atom. The summed E-state index contributed by atoms with van der Waals surface area (Å²) >= 11 is 0. The summed E-state index contributed by atoms with van der Waals surface area (Å²) in [6, 6.07) is 10.4. The van der Waals surface area contributed by atoms with Gasteiger partial charge in [-0.05, 0) is 37.9 Å². The first-order valence-corrected chi connectivity index (χ1v) is 8.45. The van der Waals surface area contributed by atoms with Crippen molar-refractivity contribution in [1.29, 1.82) is 5.26 Å². The molecule has 0 saturated carbocycles. The van der Waals surface area contributed by atoms with E-state index in [1.165, 1.54) is 45.4 Å². The molecule has 22 heavy (non-hydrogen) atoms. The van der Waals surface area contributed by atoms with E-state index in [-0.39, 0.29) is 0 Å². The maximum atomic E-state index is 9.05. The van der Waals surface area contributed by atoms with Crippen molar-refractivity contribution in [3.8, 4) is 11.8 Å². The molecule has 118 valence electrons. The summed E-state index contributed by atoms with van der Waals surface area (Å²) in [5, 5.41) is 9.05. The van der Waals surface area contributed by atoms with Crippen molar-refractivity contribution in [3.05, 3.63) is 29.8 Å². The van der Waals surface area contributed by atoms with E-state index < -0.39 is 0 Å². The molecule has 0 aliphatic carbocycles. The van der Waals surface area contributed by atoms with Crippen molar-refractivity contribution in [2.24, 2.45) is 0 Å². The average Bonchev–Trinajstić information content (AvgIpc) is 2.59. The highest BCUT2D eigenvalue weighted by atomic mass is 16.5. The van der Waals surface area contributed by atoms with E-state index in [2.05, 4.69) is 15.9 Å². The van der Waals surface area contributed by atoms with Gasteiger partial charge in [0.05, 0.1) is 12.2 Å². The van der Waals surface area contributed by atoms with Crippen LogP contribution in [-0.2, 0) is 0 Å². The van der Waals surface area contributed by atoms with E-state index in [9.17, 15) is 0 Å². The Morgan fingerprint density at radius 1 is 1.18 bits per heavy atom. The Labute approximate surface area is 133 Å². The van der Waals surface area contributed by atoms with Crippen molar-refractivity contribution in [3.63, 3.8) is 0 Å². The van der Waals surface area contributed by atoms with Crippen molar-refractivity contribution in [1.82, 2.24) is 9.80 Å². The summed E-state index contributed by atoms with van der Waals surface area (Å²) in [5.74, 6) is 0.710. The number of hydrogen-bond acceptors (Lipinski definition) is 4. The molecule has 0 N–H and O–H groups in total. The van der Waals surface area contributed by atoms with Crippen molar-refractivity contribution >= 4 is 0 Å². The molecule has 4 heteroatoms. The Kier molecular flexibility index (Phi) is 5.31. The lowest BCUT2D eigenvalue weighted by molar-refractivity contribution is 0.0471. The first-order valence-electron chi connectivity index (χ1n) is 8.45. The number of fused-ring (bicyclic) bond motifs is 1. The van der Waals surface area contributed by atoms with Crippen LogP contribution in [0.25, 0.3) is 0 Å². The molecule has 2 fully saturated rings. The van der Waals surface area contributed by atoms with Crippen LogP contribution in [0.15, 0.2) is 24.3 Å². The molecule has 0 amide bonds. The number of piperidine rings is 1. The van der Waals surface area contributed by atoms with E-state index >= 15 is 0 Å². The van der Waals surface area contributed by atoms with Crippen LogP contribution in [0.5, 0.6) is 5.75 Å². The van der Waals surface area contributed by atoms with Crippen molar-refractivity contribution < 1.29 is 4.74 Å². The molecule has 0 radical (unpaired) electrons. The second kappa shape index (κ2) is 7.62. The van der Waals surface area contributed by atoms with Crippen molar-refractivity contribution in [2.45, 2.75) is 31.7 Å². The number of para-hydroxylation sites is 1. The fraction of sp³-hybridized carbons (Fsp3) is 0.611. The van der Waals surface area contributed by atoms with Gasteiger partial charge in [0.15, 0.2) is 0 Å². The summed E-state index contributed by atoms with van der Waals surface area (Å²) in [7, 11) is 0. The fourth-order valence-electron chi connectivity index (χ4n) is 3.58. The number of rotatable bonds is 5. The van der Waals surface area contributed by atoms with Crippen LogP contribution in [0, 0.1) is 11.3 Å². The van der Waals surface area contributed by atoms with E-state index in [1.54, 1.807) is 6.07 Å². The zero-order valence-electron chi connectivity index (χ0n) is 13.2. The Hall–Kier alpha value is -1.57. The molecule has 2 heterocycles. The van der Waals surface area contributed by atoms with Crippen LogP contribution in [0.4, 0.5) is 0 Å². The highest BCUT2D eigenvalue weighted by Gasteiger charge is 2.28. The summed E-state index contributed by atoms with van der Waals surface area (Å²) in [6.07, 6.45) is 5.15. The van der Waals surface area contributed by atoms with Gasteiger partial charge in [-0.2, -0.15) is 5.26 Å². The smallest absolute Gasteiger partial charge is 0.137 e. The summed E-state index contributed by atoms with van der Waals surface area (Å²) < 4.78 is 5.77. The van der Waals surface area contributed by atoms with Gasteiger partial charge < -0.3 is 9.64 Å². The number of nitriles is 1. The second-order valence-corrected chi connectivity index (χ2v) is 6.30. The SMILES string of the molecule is N#Cc1ccccc1OCCCN1CCN2CCCCC2C1. The lowest BCUT2D eigenvalue weighted by Gasteiger charge is -2.44. The maximum absolute atomic E-state index is 9.05. The first-order chi connectivity index (χ1) is 10.9. The molecule has 2 saturated heterocycles. The van der Waals surface area contributed by atoms with Gasteiger partial charge in [0.2, 0.25) is 0 Å². The van der Waals surface area contributed by atoms with Gasteiger partial charge in [0.1, 0.15) is 11.8 Å². The van der Waals surface area contributed by atoms with E-state index in [0.717, 1.165) is 19.0 Å². The van der Waals surface area contributed by atoms with E-state index in [1.807, 2.05) is 18.2 Å². The molecular weight excluding hydrogens is 274 g/mol. The molecule has 3 rings (SSSR count). The third-order valence-corrected chi connectivity index (χ3v) is 4.81. The number of benzene rings is 1. The number of hydrogen-bond donors (Lipinski definition) is 0. The molecule has 0 bridgehead atoms. The van der Waals surface area contributed by atoms with Gasteiger partial charge in [0.25, 0.3) is 0 Å². The van der Waals surface area contributed by atoms with Gasteiger partial charge in [0, 0.05) is 32.2 Å². The third-order valence-electron chi connectivity index (χ3n) is 4.81. The number of nitrogens with zero attached hydrogens (tertiary/aromatic N) is 3. The summed E-state index contributed by atoms with van der Waals surface area (Å²) in [6.45, 7) is 6.71. The molecule has 4 nitrogen and oxygen atoms in total. The molecule has 2 aliphatic rings. The molecule has 0 spiro atoms. The highest BCUT2D eigenvalue weighted by Crippen LogP contribution is 2.21. The molecule has 1 unspecified atom stereocenters. The third kappa shape index (κ3) is 3.79. The summed E-state index contributed by atoms with van der Waals surface area (Å²) in [5.41, 5.74) is 0.623. The lowest BCUT2D eigenvalue weighted by atomic mass is 9.99. The van der Waals surface area contributed by atoms with Crippen LogP contribution < -0.4 is 4.74 Å².